The number of rotatable bonds is 6. The van der Waals surface area contributed by atoms with E-state index in [4.69, 9.17) is 5.73 Å². The smallest absolute Gasteiger partial charge is 0.253 e. The first kappa shape index (κ1) is 17.4. The highest BCUT2D eigenvalue weighted by molar-refractivity contribution is 5.99. The summed E-state index contributed by atoms with van der Waals surface area (Å²) in [4.78, 5) is 28.4. The molecule has 0 spiro atoms. The van der Waals surface area contributed by atoms with Crippen molar-refractivity contribution in [2.45, 2.75) is 12.5 Å². The molecule has 0 radical (unpaired) electrons. The lowest BCUT2D eigenvalue weighted by molar-refractivity contribution is -0.119. The van der Waals surface area contributed by atoms with Gasteiger partial charge >= 0.3 is 0 Å². The molecule has 0 saturated carbocycles. The van der Waals surface area contributed by atoms with Crippen molar-refractivity contribution in [1.29, 1.82) is 0 Å². The number of nitrogens with zero attached hydrogens (tertiary/aromatic N) is 1. The van der Waals surface area contributed by atoms with E-state index in [-0.39, 0.29) is 5.91 Å². The van der Waals surface area contributed by atoms with Gasteiger partial charge in [-0.25, -0.2) is 0 Å². The van der Waals surface area contributed by atoms with Crippen LogP contribution in [-0.4, -0.2) is 22.8 Å². The zero-order valence-corrected chi connectivity index (χ0v) is 14.1. The summed E-state index contributed by atoms with van der Waals surface area (Å²) in [5, 5.41) is 3.54. The van der Waals surface area contributed by atoms with E-state index in [0.717, 1.165) is 16.5 Å². The van der Waals surface area contributed by atoms with Gasteiger partial charge in [0.1, 0.15) is 6.04 Å². The van der Waals surface area contributed by atoms with Crippen molar-refractivity contribution in [3.63, 3.8) is 0 Å². The van der Waals surface area contributed by atoms with Gasteiger partial charge in [-0.3, -0.25) is 14.6 Å². The van der Waals surface area contributed by atoms with Crippen LogP contribution in [0, 0.1) is 0 Å². The maximum atomic E-state index is 12.5. The van der Waals surface area contributed by atoms with Crippen LogP contribution in [0.4, 0.5) is 0 Å². The Hall–Kier alpha value is -3.47. The molecule has 3 aromatic rings. The summed E-state index contributed by atoms with van der Waals surface area (Å²) in [6, 6.07) is 18.2. The molecule has 2 aromatic carbocycles. The second-order valence-electron chi connectivity index (χ2n) is 5.89. The largest absolute Gasteiger partial charge is 0.368 e. The number of nitrogens with two attached hydrogens (primary N) is 1. The Morgan fingerprint density at radius 2 is 1.81 bits per heavy atom. The average molecular weight is 345 g/mol. The number of pyridine rings is 1. The monoisotopic (exact) mass is 345 g/mol. The van der Waals surface area contributed by atoms with E-state index in [1.807, 2.05) is 66.7 Å². The molecule has 1 heterocycles. The van der Waals surface area contributed by atoms with Crippen LogP contribution in [0.5, 0.6) is 0 Å². The number of primary amides is 1. The van der Waals surface area contributed by atoms with Gasteiger partial charge in [-0.05, 0) is 24.1 Å². The standard InChI is InChI=1S/C21H19N3O2/c22-20(25)19(12-6-9-15-7-2-1-3-8-15)24-21(26)17-13-16-10-4-5-11-18(16)23-14-17/h1-11,13-14,19H,12H2,(H2,22,25)(H,24,26)/b9-6+/t19-/m0/s1. The number of hydrogen-bond donors (Lipinski definition) is 2. The van der Waals surface area contributed by atoms with Crippen molar-refractivity contribution in [3.8, 4) is 0 Å². The molecule has 2 amide bonds. The summed E-state index contributed by atoms with van der Waals surface area (Å²) in [7, 11) is 0. The van der Waals surface area contributed by atoms with E-state index in [0.29, 0.717) is 12.0 Å². The predicted molar refractivity (Wildman–Crippen MR) is 102 cm³/mol. The number of carbonyl (C=O) groups is 2. The fourth-order valence-corrected chi connectivity index (χ4v) is 2.59. The Morgan fingerprint density at radius 1 is 1.08 bits per heavy atom. The van der Waals surface area contributed by atoms with Crippen molar-refractivity contribution in [2.24, 2.45) is 5.73 Å². The van der Waals surface area contributed by atoms with Crippen LogP contribution < -0.4 is 11.1 Å². The number of hydrogen-bond acceptors (Lipinski definition) is 3. The molecule has 26 heavy (non-hydrogen) atoms. The first-order valence-corrected chi connectivity index (χ1v) is 8.30. The maximum Gasteiger partial charge on any atom is 0.253 e. The van der Waals surface area contributed by atoms with Gasteiger partial charge in [0.25, 0.3) is 5.91 Å². The number of benzene rings is 2. The third-order valence-corrected chi connectivity index (χ3v) is 3.98. The van der Waals surface area contributed by atoms with Gasteiger partial charge in [-0.1, -0.05) is 60.7 Å². The molecule has 0 bridgehead atoms. The van der Waals surface area contributed by atoms with Gasteiger partial charge < -0.3 is 11.1 Å². The van der Waals surface area contributed by atoms with Crippen molar-refractivity contribution < 1.29 is 9.59 Å². The molecule has 0 aliphatic carbocycles. The van der Waals surface area contributed by atoms with Gasteiger partial charge in [0.05, 0.1) is 11.1 Å². The molecular formula is C21H19N3O2. The summed E-state index contributed by atoms with van der Waals surface area (Å²) in [6.45, 7) is 0. The molecule has 5 heteroatoms. The first-order valence-electron chi connectivity index (χ1n) is 8.30. The van der Waals surface area contributed by atoms with E-state index >= 15 is 0 Å². The number of amides is 2. The lowest BCUT2D eigenvalue weighted by atomic mass is 10.1. The predicted octanol–water partition coefficient (Wildman–Crippen LogP) is 2.92. The van der Waals surface area contributed by atoms with Gasteiger partial charge in [-0.15, -0.1) is 0 Å². The third kappa shape index (κ3) is 4.33. The number of carbonyl (C=O) groups excluding carboxylic acids is 2. The number of aromatic nitrogens is 1. The minimum Gasteiger partial charge on any atom is -0.368 e. The molecule has 0 saturated heterocycles. The van der Waals surface area contributed by atoms with Crippen LogP contribution >= 0.6 is 0 Å². The first-order chi connectivity index (χ1) is 12.6. The highest BCUT2D eigenvalue weighted by Crippen LogP contribution is 2.13. The topological polar surface area (TPSA) is 85.1 Å². The van der Waals surface area contributed by atoms with Crippen LogP contribution in [0.2, 0.25) is 0 Å². The zero-order chi connectivity index (χ0) is 18.4. The molecule has 1 aromatic heterocycles. The molecule has 5 nitrogen and oxygen atoms in total. The second kappa shape index (κ2) is 8.07. The summed E-state index contributed by atoms with van der Waals surface area (Å²) >= 11 is 0. The van der Waals surface area contributed by atoms with Crippen LogP contribution in [-0.2, 0) is 4.79 Å². The normalized spacial score (nSPS) is 12.2. The SMILES string of the molecule is NC(=O)[C@H](C/C=C/c1ccccc1)NC(=O)c1cnc2ccccc2c1. The summed E-state index contributed by atoms with van der Waals surface area (Å²) in [5.74, 6) is -0.954. The van der Waals surface area contributed by atoms with Crippen LogP contribution in [0.1, 0.15) is 22.3 Å². The average Bonchev–Trinajstić information content (AvgIpc) is 2.67. The molecule has 130 valence electrons. The highest BCUT2D eigenvalue weighted by atomic mass is 16.2. The summed E-state index contributed by atoms with van der Waals surface area (Å²) in [5.41, 5.74) is 7.64. The van der Waals surface area contributed by atoms with Crippen LogP contribution in [0.15, 0.2) is 72.9 Å². The number of fused-ring (bicyclic) bond motifs is 1. The van der Waals surface area contributed by atoms with Crippen molar-refractivity contribution >= 4 is 28.8 Å². The molecule has 0 aliphatic heterocycles. The minimum absolute atomic E-state index is 0.316. The number of para-hydroxylation sites is 1. The van der Waals surface area contributed by atoms with E-state index in [9.17, 15) is 9.59 Å². The molecule has 0 aliphatic rings. The molecule has 0 unspecified atom stereocenters. The molecule has 3 N–H and O–H groups in total. The van der Waals surface area contributed by atoms with Crippen LogP contribution in [0.25, 0.3) is 17.0 Å². The quantitative estimate of drug-likeness (QED) is 0.720. The Kier molecular flexibility index (Phi) is 5.39. The lowest BCUT2D eigenvalue weighted by Crippen LogP contribution is -2.44. The summed E-state index contributed by atoms with van der Waals surface area (Å²) < 4.78 is 0. The lowest BCUT2D eigenvalue weighted by Gasteiger charge is -2.13. The minimum atomic E-state index is -0.783. The molecular weight excluding hydrogens is 326 g/mol. The fraction of sp³-hybridized carbons (Fsp3) is 0.0952. The maximum absolute atomic E-state index is 12.5. The van der Waals surface area contributed by atoms with E-state index < -0.39 is 11.9 Å². The van der Waals surface area contributed by atoms with E-state index in [2.05, 4.69) is 10.3 Å². The van der Waals surface area contributed by atoms with E-state index in [1.54, 1.807) is 6.07 Å². The zero-order valence-electron chi connectivity index (χ0n) is 14.1. The van der Waals surface area contributed by atoms with Crippen molar-refractivity contribution in [3.05, 3.63) is 84.1 Å². The van der Waals surface area contributed by atoms with Crippen LogP contribution in [0.3, 0.4) is 0 Å². The molecule has 1 atom stereocenters. The second-order valence-corrected chi connectivity index (χ2v) is 5.89. The Morgan fingerprint density at radius 3 is 2.58 bits per heavy atom. The number of nitrogens with one attached hydrogen (secondary N) is 1. The Labute approximate surface area is 151 Å². The fourth-order valence-electron chi connectivity index (χ4n) is 2.59. The molecule has 0 fully saturated rings. The van der Waals surface area contributed by atoms with Crippen molar-refractivity contribution in [2.75, 3.05) is 0 Å². The van der Waals surface area contributed by atoms with Crippen molar-refractivity contribution in [1.82, 2.24) is 10.3 Å². The summed E-state index contributed by atoms with van der Waals surface area (Å²) in [6.07, 6.45) is 5.52. The third-order valence-electron chi connectivity index (χ3n) is 3.98. The van der Waals surface area contributed by atoms with Gasteiger partial charge in [0, 0.05) is 11.6 Å². The Balaban J connectivity index is 1.69. The molecule has 3 rings (SSSR count). The van der Waals surface area contributed by atoms with Gasteiger partial charge in [0.15, 0.2) is 0 Å². The Bertz CT molecular complexity index is 952. The van der Waals surface area contributed by atoms with Gasteiger partial charge in [0.2, 0.25) is 5.91 Å². The van der Waals surface area contributed by atoms with Gasteiger partial charge in [-0.2, -0.15) is 0 Å². The van der Waals surface area contributed by atoms with E-state index in [1.165, 1.54) is 6.20 Å². The highest BCUT2D eigenvalue weighted by Gasteiger charge is 2.18.